The number of carbonyl (C=O) groups excluding carboxylic acids is 1. The zero-order valence-corrected chi connectivity index (χ0v) is 15.9. The second-order valence-corrected chi connectivity index (χ2v) is 8.47. The number of aryl methyl sites for hydroxylation is 1. The molecular formula is C17H19BrN2O3S. The Balaban J connectivity index is 2.08. The predicted octanol–water partition coefficient (Wildman–Crippen LogP) is 3.16. The number of nitrogens with zero attached hydrogens (tertiary/aromatic N) is 1. The van der Waals surface area contributed by atoms with E-state index in [1.807, 2.05) is 37.3 Å². The average molecular weight is 411 g/mol. The van der Waals surface area contributed by atoms with Crippen molar-refractivity contribution in [1.82, 2.24) is 4.31 Å². The fourth-order valence-electron chi connectivity index (χ4n) is 2.11. The molecular weight excluding hydrogens is 392 g/mol. The number of hydrogen-bond donors (Lipinski definition) is 1. The highest BCUT2D eigenvalue weighted by Crippen LogP contribution is 2.16. The Morgan fingerprint density at radius 3 is 2.42 bits per heavy atom. The molecule has 0 fully saturated rings. The van der Waals surface area contributed by atoms with E-state index in [4.69, 9.17) is 0 Å². The summed E-state index contributed by atoms with van der Waals surface area (Å²) in [5.74, 6) is -0.384. The molecule has 7 heteroatoms. The van der Waals surface area contributed by atoms with Crippen molar-refractivity contribution in [3.05, 3.63) is 64.1 Å². The molecule has 1 N–H and O–H groups in total. The van der Waals surface area contributed by atoms with Crippen LogP contribution in [0.4, 0.5) is 5.69 Å². The van der Waals surface area contributed by atoms with Crippen LogP contribution in [0.2, 0.25) is 0 Å². The van der Waals surface area contributed by atoms with Gasteiger partial charge in [-0.05, 0) is 30.7 Å². The molecule has 128 valence electrons. The highest BCUT2D eigenvalue weighted by molar-refractivity contribution is 9.10. The van der Waals surface area contributed by atoms with Gasteiger partial charge in [-0.2, -0.15) is 4.31 Å². The van der Waals surface area contributed by atoms with Crippen LogP contribution in [0.1, 0.15) is 11.1 Å². The molecule has 1 amide bonds. The van der Waals surface area contributed by atoms with Gasteiger partial charge in [0.15, 0.2) is 0 Å². The molecule has 2 rings (SSSR count). The molecule has 0 saturated carbocycles. The molecule has 0 aliphatic carbocycles. The van der Waals surface area contributed by atoms with Crippen LogP contribution in [0, 0.1) is 6.92 Å². The Labute approximate surface area is 150 Å². The number of halogens is 1. The first kappa shape index (κ1) is 18.6. The zero-order valence-electron chi connectivity index (χ0n) is 13.5. The van der Waals surface area contributed by atoms with Gasteiger partial charge in [0.05, 0.1) is 12.8 Å². The second-order valence-electron chi connectivity index (χ2n) is 5.58. The first-order chi connectivity index (χ1) is 11.2. The van der Waals surface area contributed by atoms with Crippen LogP contribution >= 0.6 is 15.9 Å². The lowest BCUT2D eigenvalue weighted by Gasteiger charge is -2.19. The van der Waals surface area contributed by atoms with Crippen molar-refractivity contribution in [2.24, 2.45) is 0 Å². The van der Waals surface area contributed by atoms with Gasteiger partial charge in [-0.1, -0.05) is 51.8 Å². The van der Waals surface area contributed by atoms with Gasteiger partial charge in [-0.15, -0.1) is 0 Å². The van der Waals surface area contributed by atoms with Crippen molar-refractivity contribution >= 4 is 37.5 Å². The number of benzene rings is 2. The van der Waals surface area contributed by atoms with Crippen LogP contribution in [0.15, 0.2) is 53.0 Å². The van der Waals surface area contributed by atoms with E-state index in [0.717, 1.165) is 26.2 Å². The molecule has 0 atom stereocenters. The van der Waals surface area contributed by atoms with E-state index in [-0.39, 0.29) is 19.0 Å². The maximum absolute atomic E-state index is 12.2. The molecule has 0 aromatic heterocycles. The summed E-state index contributed by atoms with van der Waals surface area (Å²) in [5.41, 5.74) is 2.54. The lowest BCUT2D eigenvalue weighted by Crippen LogP contribution is -2.36. The zero-order chi connectivity index (χ0) is 17.7. The van der Waals surface area contributed by atoms with Crippen molar-refractivity contribution in [1.29, 1.82) is 0 Å². The standard InChI is InChI=1S/C17H19BrN2O3S/c1-13-6-8-14(9-7-13)11-20(24(2,22)23)12-17(21)19-16-5-3-4-15(18)10-16/h3-10H,11-12H2,1-2H3,(H,19,21). The van der Waals surface area contributed by atoms with Gasteiger partial charge in [-0.25, -0.2) is 8.42 Å². The molecule has 0 saturated heterocycles. The van der Waals surface area contributed by atoms with Crippen molar-refractivity contribution in [3.63, 3.8) is 0 Å². The number of amides is 1. The predicted molar refractivity (Wildman–Crippen MR) is 99.2 cm³/mol. The lowest BCUT2D eigenvalue weighted by atomic mass is 10.1. The van der Waals surface area contributed by atoms with E-state index in [1.165, 1.54) is 0 Å². The first-order valence-corrected chi connectivity index (χ1v) is 9.94. The highest BCUT2D eigenvalue weighted by atomic mass is 79.9. The van der Waals surface area contributed by atoms with E-state index in [9.17, 15) is 13.2 Å². The quantitative estimate of drug-likeness (QED) is 0.794. The van der Waals surface area contributed by atoms with Crippen LogP contribution in [0.25, 0.3) is 0 Å². The van der Waals surface area contributed by atoms with Gasteiger partial charge in [0, 0.05) is 16.7 Å². The van der Waals surface area contributed by atoms with E-state index in [1.54, 1.807) is 18.2 Å². The van der Waals surface area contributed by atoms with Gasteiger partial charge < -0.3 is 5.32 Å². The van der Waals surface area contributed by atoms with Crippen LogP contribution < -0.4 is 5.32 Å². The Morgan fingerprint density at radius 1 is 1.17 bits per heavy atom. The molecule has 0 unspecified atom stereocenters. The fraction of sp³-hybridized carbons (Fsp3) is 0.235. The normalized spacial score (nSPS) is 11.5. The van der Waals surface area contributed by atoms with Gasteiger partial charge in [-0.3, -0.25) is 4.79 Å². The molecule has 2 aromatic rings. The third kappa shape index (κ3) is 5.74. The van der Waals surface area contributed by atoms with Gasteiger partial charge in [0.25, 0.3) is 0 Å². The van der Waals surface area contributed by atoms with E-state index in [0.29, 0.717) is 5.69 Å². The molecule has 0 bridgehead atoms. The van der Waals surface area contributed by atoms with Crippen molar-refractivity contribution < 1.29 is 13.2 Å². The van der Waals surface area contributed by atoms with E-state index < -0.39 is 10.0 Å². The Bertz CT molecular complexity index is 820. The van der Waals surface area contributed by atoms with Gasteiger partial charge in [0.1, 0.15) is 0 Å². The number of hydrogen-bond acceptors (Lipinski definition) is 3. The number of rotatable bonds is 6. The summed E-state index contributed by atoms with van der Waals surface area (Å²) < 4.78 is 26.0. The molecule has 2 aromatic carbocycles. The topological polar surface area (TPSA) is 66.5 Å². The molecule has 0 spiro atoms. The van der Waals surface area contributed by atoms with E-state index in [2.05, 4.69) is 21.2 Å². The molecule has 0 aliphatic heterocycles. The molecule has 0 heterocycles. The summed E-state index contributed by atoms with van der Waals surface area (Å²) in [5, 5.41) is 2.71. The van der Waals surface area contributed by atoms with Crippen LogP contribution in [0.3, 0.4) is 0 Å². The third-order valence-electron chi connectivity index (χ3n) is 3.38. The smallest absolute Gasteiger partial charge is 0.239 e. The highest BCUT2D eigenvalue weighted by Gasteiger charge is 2.20. The Morgan fingerprint density at radius 2 is 1.83 bits per heavy atom. The monoisotopic (exact) mass is 410 g/mol. The fourth-order valence-corrected chi connectivity index (χ4v) is 3.25. The lowest BCUT2D eigenvalue weighted by molar-refractivity contribution is -0.116. The average Bonchev–Trinajstić information content (AvgIpc) is 2.48. The number of anilines is 1. The minimum atomic E-state index is -3.51. The summed E-state index contributed by atoms with van der Waals surface area (Å²) in [6.45, 7) is 1.88. The van der Waals surface area contributed by atoms with Gasteiger partial charge >= 0.3 is 0 Å². The minimum absolute atomic E-state index is 0.158. The number of nitrogens with one attached hydrogen (secondary N) is 1. The molecule has 5 nitrogen and oxygen atoms in total. The van der Waals surface area contributed by atoms with Crippen LogP contribution in [-0.4, -0.2) is 31.4 Å². The molecule has 0 aliphatic rings. The van der Waals surface area contributed by atoms with Crippen LogP contribution in [0.5, 0.6) is 0 Å². The summed E-state index contributed by atoms with van der Waals surface area (Å²) >= 11 is 3.33. The first-order valence-electron chi connectivity index (χ1n) is 7.30. The SMILES string of the molecule is Cc1ccc(CN(CC(=O)Nc2cccc(Br)c2)S(C)(=O)=O)cc1. The Hall–Kier alpha value is -1.70. The van der Waals surface area contributed by atoms with Crippen molar-refractivity contribution in [2.75, 3.05) is 18.1 Å². The molecule has 24 heavy (non-hydrogen) atoms. The van der Waals surface area contributed by atoms with Gasteiger partial charge in [0.2, 0.25) is 15.9 Å². The summed E-state index contributed by atoms with van der Waals surface area (Å²) in [6, 6.07) is 14.7. The van der Waals surface area contributed by atoms with E-state index >= 15 is 0 Å². The van der Waals surface area contributed by atoms with Crippen LogP contribution in [-0.2, 0) is 21.4 Å². The number of sulfonamides is 1. The molecule has 0 radical (unpaired) electrons. The summed E-state index contributed by atoms with van der Waals surface area (Å²) in [7, 11) is -3.51. The van der Waals surface area contributed by atoms with Crippen molar-refractivity contribution in [2.45, 2.75) is 13.5 Å². The Kier molecular flexibility index (Phi) is 6.15. The summed E-state index contributed by atoms with van der Waals surface area (Å²) in [6.07, 6.45) is 1.10. The maximum Gasteiger partial charge on any atom is 0.239 e. The maximum atomic E-state index is 12.2. The largest absolute Gasteiger partial charge is 0.325 e. The third-order valence-corrected chi connectivity index (χ3v) is 5.07. The summed E-state index contributed by atoms with van der Waals surface area (Å²) in [4.78, 5) is 12.2. The minimum Gasteiger partial charge on any atom is -0.325 e. The second kappa shape index (κ2) is 7.92. The van der Waals surface area contributed by atoms with Crippen molar-refractivity contribution in [3.8, 4) is 0 Å². The number of carbonyl (C=O) groups is 1.